The zero-order valence-electron chi connectivity index (χ0n) is 14.9. The van der Waals surface area contributed by atoms with Gasteiger partial charge < -0.3 is 10.4 Å². The van der Waals surface area contributed by atoms with E-state index in [1.165, 1.54) is 50.8 Å². The molecule has 1 saturated heterocycles. The highest BCUT2D eigenvalue weighted by Crippen LogP contribution is 2.41. The van der Waals surface area contributed by atoms with Gasteiger partial charge in [0.15, 0.2) is 4.34 Å². The topological polar surface area (TPSA) is 156 Å². The van der Waals surface area contributed by atoms with Crippen LogP contribution in [0.1, 0.15) is 5.01 Å². The first-order valence-electron chi connectivity index (χ1n) is 8.27. The molecule has 152 valence electrons. The molecule has 0 bridgehead atoms. The largest absolute Gasteiger partial charge is 0.477 e. The Morgan fingerprint density at radius 2 is 2.24 bits per heavy atom. The van der Waals surface area contributed by atoms with Crippen LogP contribution in [-0.4, -0.2) is 81.1 Å². The number of β-lactam (4-membered cyclic amide) rings is 1. The van der Waals surface area contributed by atoms with Crippen molar-refractivity contribution in [2.75, 3.05) is 11.5 Å². The molecule has 1 fully saturated rings. The van der Waals surface area contributed by atoms with Gasteiger partial charge in [0.2, 0.25) is 5.91 Å². The molecule has 4 rings (SSSR count). The predicted octanol–water partition coefficient (Wildman–Crippen LogP) is -0.636. The number of aliphatic carboxylic acids is 1. The van der Waals surface area contributed by atoms with E-state index in [0.29, 0.717) is 17.1 Å². The van der Waals surface area contributed by atoms with Gasteiger partial charge in [-0.05, 0) is 22.9 Å². The number of carboxylic acids is 1. The molecule has 0 unspecified atom stereocenters. The lowest BCUT2D eigenvalue weighted by Gasteiger charge is -2.49. The number of aromatic nitrogens is 6. The van der Waals surface area contributed by atoms with Crippen LogP contribution in [0.15, 0.2) is 21.9 Å². The van der Waals surface area contributed by atoms with E-state index >= 15 is 0 Å². The number of thioether (sulfide) groups is 2. The van der Waals surface area contributed by atoms with Crippen molar-refractivity contribution >= 4 is 52.6 Å². The Kier molecular flexibility index (Phi) is 5.51. The molecule has 0 aromatic carbocycles. The molecule has 0 spiro atoms. The van der Waals surface area contributed by atoms with E-state index in [9.17, 15) is 19.5 Å². The fourth-order valence-electron chi connectivity index (χ4n) is 2.90. The minimum atomic E-state index is -1.16. The van der Waals surface area contributed by atoms with Gasteiger partial charge in [0.1, 0.15) is 35.0 Å². The van der Waals surface area contributed by atoms with E-state index in [1.807, 2.05) is 6.92 Å². The van der Waals surface area contributed by atoms with Crippen LogP contribution < -0.4 is 5.32 Å². The number of nitrogens with one attached hydrogen (secondary N) is 1. The number of carbonyl (C=O) groups excluding carboxylic acids is 2. The van der Waals surface area contributed by atoms with Gasteiger partial charge in [-0.25, -0.2) is 9.48 Å². The summed E-state index contributed by atoms with van der Waals surface area (Å²) < 4.78 is 1.98. The zero-order chi connectivity index (χ0) is 20.5. The van der Waals surface area contributed by atoms with Gasteiger partial charge in [0.05, 0.1) is 0 Å². The number of fused-ring (bicyclic) bond motifs is 1. The Bertz CT molecular complexity index is 991. The molecule has 0 aliphatic carbocycles. The van der Waals surface area contributed by atoms with Crippen molar-refractivity contribution in [2.45, 2.75) is 29.2 Å². The first kappa shape index (κ1) is 19.8. The lowest BCUT2D eigenvalue weighted by atomic mass is 10.0. The molecule has 0 radical (unpaired) electrons. The Labute approximate surface area is 176 Å². The van der Waals surface area contributed by atoms with Gasteiger partial charge in [-0.3, -0.25) is 14.5 Å². The van der Waals surface area contributed by atoms with E-state index < -0.39 is 29.2 Å². The Morgan fingerprint density at radius 3 is 2.90 bits per heavy atom. The summed E-state index contributed by atoms with van der Waals surface area (Å²) in [5.74, 6) is -1.19. The van der Waals surface area contributed by atoms with Gasteiger partial charge in [-0.1, -0.05) is 23.1 Å². The zero-order valence-corrected chi connectivity index (χ0v) is 17.3. The maximum atomic E-state index is 12.6. The van der Waals surface area contributed by atoms with Crippen LogP contribution in [0.5, 0.6) is 0 Å². The van der Waals surface area contributed by atoms with Crippen LogP contribution in [0.3, 0.4) is 0 Å². The normalized spacial score (nSPS) is 21.0. The molecule has 2 aromatic rings. The molecular weight excluding hydrogens is 443 g/mol. The van der Waals surface area contributed by atoms with E-state index in [1.54, 1.807) is 0 Å². The highest BCUT2D eigenvalue weighted by molar-refractivity contribution is 8.01. The maximum absolute atomic E-state index is 12.6. The number of carbonyl (C=O) groups is 3. The van der Waals surface area contributed by atoms with Gasteiger partial charge >= 0.3 is 5.97 Å². The molecule has 2 aliphatic rings. The number of tetrazole rings is 1. The molecule has 29 heavy (non-hydrogen) atoms. The van der Waals surface area contributed by atoms with Crippen molar-refractivity contribution in [3.63, 3.8) is 0 Å². The van der Waals surface area contributed by atoms with Crippen molar-refractivity contribution in [3.8, 4) is 0 Å². The second-order valence-electron chi connectivity index (χ2n) is 6.10. The van der Waals surface area contributed by atoms with Crippen LogP contribution in [0, 0.1) is 6.92 Å². The summed E-state index contributed by atoms with van der Waals surface area (Å²) in [7, 11) is 0. The second kappa shape index (κ2) is 8.08. The number of hydrogen-bond acceptors (Lipinski definition) is 11. The molecule has 15 heteroatoms. The lowest BCUT2D eigenvalue weighted by molar-refractivity contribution is -0.150. The van der Waals surface area contributed by atoms with E-state index in [-0.39, 0.29) is 12.2 Å². The van der Waals surface area contributed by atoms with Crippen LogP contribution in [0.4, 0.5) is 0 Å². The number of hydrogen-bond donors (Lipinski definition) is 2. The van der Waals surface area contributed by atoms with Gasteiger partial charge in [0, 0.05) is 11.5 Å². The monoisotopic (exact) mass is 457 g/mol. The molecule has 4 heterocycles. The van der Waals surface area contributed by atoms with E-state index in [0.717, 1.165) is 9.35 Å². The molecule has 2 N–H and O–H groups in total. The quantitative estimate of drug-likeness (QED) is 0.310. The van der Waals surface area contributed by atoms with E-state index in [2.05, 4.69) is 31.0 Å². The maximum Gasteiger partial charge on any atom is 0.352 e. The molecular formula is C14H14N8O4S3. The van der Waals surface area contributed by atoms with Crippen molar-refractivity contribution in [1.29, 1.82) is 0 Å². The van der Waals surface area contributed by atoms with Crippen molar-refractivity contribution < 1.29 is 19.5 Å². The summed E-state index contributed by atoms with van der Waals surface area (Å²) in [4.78, 5) is 37.8. The number of nitrogens with zero attached hydrogens (tertiary/aromatic N) is 7. The molecule has 0 saturated carbocycles. The predicted molar refractivity (Wildman–Crippen MR) is 103 cm³/mol. The number of amides is 2. The summed E-state index contributed by atoms with van der Waals surface area (Å²) in [5, 5.41) is 31.1. The Hall–Kier alpha value is -2.52. The number of rotatable bonds is 7. The lowest BCUT2D eigenvalue weighted by Crippen LogP contribution is -2.70. The molecule has 2 amide bonds. The minimum Gasteiger partial charge on any atom is -0.477 e. The van der Waals surface area contributed by atoms with Gasteiger partial charge in [0.25, 0.3) is 5.91 Å². The molecule has 12 nitrogen and oxygen atoms in total. The van der Waals surface area contributed by atoms with Crippen LogP contribution in [0.2, 0.25) is 0 Å². The Morgan fingerprint density at radius 1 is 1.41 bits per heavy atom. The molecule has 2 atom stereocenters. The highest BCUT2D eigenvalue weighted by Gasteiger charge is 2.54. The average Bonchev–Trinajstić information content (AvgIpc) is 3.35. The van der Waals surface area contributed by atoms with Crippen molar-refractivity contribution in [3.05, 3.63) is 22.6 Å². The third-order valence-electron chi connectivity index (χ3n) is 4.14. The molecule has 2 aliphatic heterocycles. The van der Waals surface area contributed by atoms with Crippen molar-refractivity contribution in [1.82, 2.24) is 40.6 Å². The summed E-state index contributed by atoms with van der Waals surface area (Å²) in [6, 6.07) is -0.779. The third kappa shape index (κ3) is 3.97. The standard InChI is InChI=1S/C14H14N8O4S3/c1-6-17-18-14(29-6)28-4-7-3-27-12-9(11(24)22(12)10(7)13(25)26)16-8(23)2-21-5-15-19-20-21/h5,9,12H,2-4H2,1H3,(H,16,23)(H,25,26)/t9-,12-/m1/s1/i2+1,8+1,21+1. The summed E-state index contributed by atoms with van der Waals surface area (Å²) in [6.45, 7) is 1.72. The second-order valence-corrected chi connectivity index (χ2v) is 9.60. The Balaban J connectivity index is 1.44. The fourth-order valence-corrected chi connectivity index (χ4v) is 6.20. The highest BCUT2D eigenvalue weighted by atomic mass is 32.2. The summed E-state index contributed by atoms with van der Waals surface area (Å²) in [5.41, 5.74) is 0.627. The van der Waals surface area contributed by atoms with Crippen LogP contribution in [0.25, 0.3) is 0 Å². The number of aryl methyl sites for hydroxylation is 1. The van der Waals surface area contributed by atoms with Gasteiger partial charge in [-0.2, -0.15) is 0 Å². The minimum absolute atomic E-state index is 0.0153. The summed E-state index contributed by atoms with van der Waals surface area (Å²) in [6.07, 6.45) is 1.29. The number of carboxylic acid groups (broad SMARTS) is 1. The SMILES string of the molecule is Cc1nnc(SCC2=C(C(=O)O)N3C(=O)[C@@H](N[13C](=O)[13CH2][15n]4cnnn4)[C@H]3SC2)s1. The third-order valence-corrected chi connectivity index (χ3v) is 7.54. The van der Waals surface area contributed by atoms with Gasteiger partial charge in [-0.15, -0.1) is 27.1 Å². The van der Waals surface area contributed by atoms with Crippen LogP contribution in [-0.2, 0) is 20.9 Å². The van der Waals surface area contributed by atoms with E-state index in [4.69, 9.17) is 0 Å². The first-order valence-corrected chi connectivity index (χ1v) is 11.1. The van der Waals surface area contributed by atoms with Crippen LogP contribution >= 0.6 is 34.9 Å². The average molecular weight is 457 g/mol. The molecule has 2 aromatic heterocycles. The van der Waals surface area contributed by atoms with Crippen molar-refractivity contribution in [2.24, 2.45) is 0 Å². The first-order chi connectivity index (χ1) is 13.9. The summed E-state index contributed by atoms with van der Waals surface area (Å²) >= 11 is 4.24. The smallest absolute Gasteiger partial charge is 0.352 e. The fraction of sp³-hybridized carbons (Fsp3) is 0.429.